The van der Waals surface area contributed by atoms with E-state index in [0.717, 1.165) is 36.3 Å². The van der Waals surface area contributed by atoms with Crippen LogP contribution in [0.5, 0.6) is 5.75 Å². The predicted octanol–water partition coefficient (Wildman–Crippen LogP) is 2.67. The molecule has 3 rings (SSSR count). The largest absolute Gasteiger partial charge is 0.493 e. The summed E-state index contributed by atoms with van der Waals surface area (Å²) in [6.07, 6.45) is 2.23. The molecule has 1 aliphatic heterocycles. The second kappa shape index (κ2) is 8.33. The summed E-state index contributed by atoms with van der Waals surface area (Å²) in [6.45, 7) is 5.62. The molecule has 1 aromatic carbocycles. The van der Waals surface area contributed by atoms with Crippen LogP contribution in [0.3, 0.4) is 0 Å². The van der Waals surface area contributed by atoms with E-state index in [1.807, 2.05) is 18.7 Å². The summed E-state index contributed by atoms with van der Waals surface area (Å²) in [4.78, 5) is 23.0. The fraction of sp³-hybridized carbons (Fsp3) is 0.450. The zero-order chi connectivity index (χ0) is 19.4. The van der Waals surface area contributed by atoms with Crippen LogP contribution >= 0.6 is 0 Å². The molecule has 0 bridgehead atoms. The molecule has 7 heteroatoms. The van der Waals surface area contributed by atoms with Crippen molar-refractivity contribution in [1.29, 1.82) is 0 Å². The van der Waals surface area contributed by atoms with E-state index in [2.05, 4.69) is 9.97 Å². The highest BCUT2D eigenvalue weighted by Crippen LogP contribution is 2.21. The lowest BCUT2D eigenvalue weighted by Gasteiger charge is -2.33. The molecular formula is C20H25FN4O2. The minimum atomic E-state index is -0.283. The first-order chi connectivity index (χ1) is 12.9. The lowest BCUT2D eigenvalue weighted by molar-refractivity contribution is -0.132. The van der Waals surface area contributed by atoms with Crippen LogP contribution in [0.15, 0.2) is 24.3 Å². The van der Waals surface area contributed by atoms with Crippen LogP contribution in [0.4, 0.5) is 10.3 Å². The first-order valence-electron chi connectivity index (χ1n) is 9.18. The topological polar surface area (TPSA) is 81.3 Å². The van der Waals surface area contributed by atoms with Crippen LogP contribution < -0.4 is 10.5 Å². The van der Waals surface area contributed by atoms with Crippen molar-refractivity contribution in [3.05, 3.63) is 47.0 Å². The number of aryl methyl sites for hydroxylation is 2. The minimum absolute atomic E-state index is 0.0704. The molecule has 6 nitrogen and oxygen atoms in total. The van der Waals surface area contributed by atoms with E-state index in [-0.39, 0.29) is 30.0 Å². The second-order valence-corrected chi connectivity index (χ2v) is 7.02. The van der Waals surface area contributed by atoms with Gasteiger partial charge < -0.3 is 15.4 Å². The number of likely N-dealkylation sites (tertiary alicyclic amines) is 1. The monoisotopic (exact) mass is 372 g/mol. The van der Waals surface area contributed by atoms with Gasteiger partial charge >= 0.3 is 0 Å². The van der Waals surface area contributed by atoms with E-state index in [0.29, 0.717) is 18.9 Å². The number of carbonyl (C=O) groups excluding carboxylic acids is 1. The fourth-order valence-corrected chi connectivity index (χ4v) is 3.46. The SMILES string of the molecule is Cc1nc(N)nc(C)c1CC(=O)N1CCC[C@@H](COc2ccc(F)cc2)C1. The number of rotatable bonds is 5. The Kier molecular flexibility index (Phi) is 5.88. The Morgan fingerprint density at radius 1 is 1.26 bits per heavy atom. The Hall–Kier alpha value is -2.70. The highest BCUT2D eigenvalue weighted by Gasteiger charge is 2.25. The number of carbonyl (C=O) groups is 1. The van der Waals surface area contributed by atoms with Gasteiger partial charge in [0.25, 0.3) is 0 Å². The number of amides is 1. The number of nitrogens with zero attached hydrogens (tertiary/aromatic N) is 3. The highest BCUT2D eigenvalue weighted by atomic mass is 19.1. The Morgan fingerprint density at radius 3 is 2.59 bits per heavy atom. The maximum Gasteiger partial charge on any atom is 0.227 e. The predicted molar refractivity (Wildman–Crippen MR) is 101 cm³/mol. The average molecular weight is 372 g/mol. The van der Waals surface area contributed by atoms with Crippen molar-refractivity contribution in [2.24, 2.45) is 5.92 Å². The highest BCUT2D eigenvalue weighted by molar-refractivity contribution is 5.79. The van der Waals surface area contributed by atoms with E-state index in [4.69, 9.17) is 10.5 Å². The third kappa shape index (κ3) is 4.93. The third-order valence-electron chi connectivity index (χ3n) is 4.94. The molecule has 2 N–H and O–H groups in total. The molecule has 1 saturated heterocycles. The summed E-state index contributed by atoms with van der Waals surface area (Å²) in [5.74, 6) is 0.926. The Labute approximate surface area is 158 Å². The van der Waals surface area contributed by atoms with Crippen molar-refractivity contribution in [3.8, 4) is 5.75 Å². The molecule has 0 saturated carbocycles. The molecule has 1 amide bonds. The van der Waals surface area contributed by atoms with Gasteiger partial charge in [-0.05, 0) is 51.0 Å². The van der Waals surface area contributed by atoms with Crippen LogP contribution in [0, 0.1) is 25.6 Å². The van der Waals surface area contributed by atoms with Crippen molar-refractivity contribution in [2.75, 3.05) is 25.4 Å². The van der Waals surface area contributed by atoms with Crippen molar-refractivity contribution in [2.45, 2.75) is 33.1 Å². The molecule has 2 aromatic rings. The lowest BCUT2D eigenvalue weighted by Crippen LogP contribution is -2.42. The summed E-state index contributed by atoms with van der Waals surface area (Å²) in [6, 6.07) is 6.00. The maximum atomic E-state index is 13.0. The second-order valence-electron chi connectivity index (χ2n) is 7.02. The molecule has 0 radical (unpaired) electrons. The molecular weight excluding hydrogens is 347 g/mol. The van der Waals surface area contributed by atoms with Gasteiger partial charge in [-0.25, -0.2) is 14.4 Å². The first kappa shape index (κ1) is 19.1. The van der Waals surface area contributed by atoms with Crippen molar-refractivity contribution < 1.29 is 13.9 Å². The number of piperidine rings is 1. The van der Waals surface area contributed by atoms with Gasteiger partial charge in [0.2, 0.25) is 11.9 Å². The van der Waals surface area contributed by atoms with Gasteiger partial charge in [-0.2, -0.15) is 0 Å². The fourth-order valence-electron chi connectivity index (χ4n) is 3.46. The summed E-state index contributed by atoms with van der Waals surface area (Å²) in [5, 5.41) is 0. The Morgan fingerprint density at radius 2 is 1.93 bits per heavy atom. The van der Waals surface area contributed by atoms with Crippen LogP contribution in [0.2, 0.25) is 0 Å². The number of hydrogen-bond acceptors (Lipinski definition) is 5. The molecule has 144 valence electrons. The van der Waals surface area contributed by atoms with Gasteiger partial charge in [0.1, 0.15) is 11.6 Å². The van der Waals surface area contributed by atoms with E-state index in [9.17, 15) is 9.18 Å². The van der Waals surface area contributed by atoms with E-state index in [1.54, 1.807) is 12.1 Å². The molecule has 0 unspecified atom stereocenters. The van der Waals surface area contributed by atoms with Gasteiger partial charge in [0, 0.05) is 36.0 Å². The van der Waals surface area contributed by atoms with E-state index < -0.39 is 0 Å². The molecule has 1 atom stereocenters. The number of nitrogen functional groups attached to an aromatic ring is 1. The zero-order valence-corrected chi connectivity index (χ0v) is 15.7. The van der Waals surface area contributed by atoms with Crippen LogP contribution in [0.25, 0.3) is 0 Å². The van der Waals surface area contributed by atoms with Gasteiger partial charge in [-0.3, -0.25) is 4.79 Å². The Bertz CT molecular complexity index is 787. The lowest BCUT2D eigenvalue weighted by atomic mass is 9.98. The molecule has 27 heavy (non-hydrogen) atoms. The van der Waals surface area contributed by atoms with Crippen molar-refractivity contribution in [1.82, 2.24) is 14.9 Å². The average Bonchev–Trinajstić information content (AvgIpc) is 2.64. The molecule has 2 heterocycles. The normalized spacial score (nSPS) is 17.0. The summed E-state index contributed by atoms with van der Waals surface area (Å²) in [5.41, 5.74) is 8.01. The quantitative estimate of drug-likeness (QED) is 0.873. The number of anilines is 1. The number of nitrogens with two attached hydrogens (primary N) is 1. The number of aromatic nitrogens is 2. The summed E-state index contributed by atoms with van der Waals surface area (Å²) >= 11 is 0. The number of halogens is 1. The molecule has 0 spiro atoms. The molecule has 1 fully saturated rings. The van der Waals surface area contributed by atoms with Crippen molar-refractivity contribution in [3.63, 3.8) is 0 Å². The van der Waals surface area contributed by atoms with Gasteiger partial charge in [-0.1, -0.05) is 0 Å². The first-order valence-corrected chi connectivity index (χ1v) is 9.18. The number of hydrogen-bond donors (Lipinski definition) is 1. The van der Waals surface area contributed by atoms with Crippen LogP contribution in [-0.2, 0) is 11.2 Å². The van der Waals surface area contributed by atoms with E-state index >= 15 is 0 Å². The maximum absolute atomic E-state index is 13.0. The van der Waals surface area contributed by atoms with Crippen LogP contribution in [0.1, 0.15) is 29.8 Å². The van der Waals surface area contributed by atoms with Crippen molar-refractivity contribution >= 4 is 11.9 Å². The van der Waals surface area contributed by atoms with Gasteiger partial charge in [0.15, 0.2) is 0 Å². The summed E-state index contributed by atoms with van der Waals surface area (Å²) < 4.78 is 18.7. The number of ether oxygens (including phenoxy) is 1. The Balaban J connectivity index is 1.57. The minimum Gasteiger partial charge on any atom is -0.493 e. The molecule has 1 aliphatic rings. The smallest absolute Gasteiger partial charge is 0.227 e. The standard InChI is InChI=1S/C20H25FN4O2/c1-13-18(14(2)24-20(22)23-13)10-19(26)25-9-3-4-15(11-25)12-27-17-7-5-16(21)6-8-17/h5-8,15H,3-4,9-12H2,1-2H3,(H2,22,23,24)/t15-/m1/s1. The van der Waals surface area contributed by atoms with Gasteiger partial charge in [-0.15, -0.1) is 0 Å². The zero-order valence-electron chi connectivity index (χ0n) is 15.7. The molecule has 0 aliphatic carbocycles. The number of benzene rings is 1. The third-order valence-corrected chi connectivity index (χ3v) is 4.94. The summed E-state index contributed by atoms with van der Waals surface area (Å²) in [7, 11) is 0. The molecule has 1 aromatic heterocycles. The van der Waals surface area contributed by atoms with Crippen LogP contribution in [-0.4, -0.2) is 40.5 Å². The van der Waals surface area contributed by atoms with E-state index in [1.165, 1.54) is 12.1 Å². The van der Waals surface area contributed by atoms with Gasteiger partial charge in [0.05, 0.1) is 13.0 Å².